The van der Waals surface area contributed by atoms with Crippen molar-refractivity contribution in [2.75, 3.05) is 19.7 Å². The zero-order valence-corrected chi connectivity index (χ0v) is 14.6. The Morgan fingerprint density at radius 1 is 1.07 bits per heavy atom. The minimum atomic E-state index is -4.34. The molecule has 0 radical (unpaired) electrons. The second kappa shape index (κ2) is 6.27. The molecule has 1 heterocycles. The number of halogens is 2. The van der Waals surface area contributed by atoms with E-state index in [0.29, 0.717) is 0 Å². The van der Waals surface area contributed by atoms with E-state index in [9.17, 15) is 23.5 Å². The molecule has 2 aromatic carbocycles. The Kier molecular flexibility index (Phi) is 4.11. The van der Waals surface area contributed by atoms with E-state index >= 15 is 0 Å². The number of aliphatic hydroxyl groups is 1. The van der Waals surface area contributed by atoms with Gasteiger partial charge < -0.3 is 19.8 Å². The van der Waals surface area contributed by atoms with E-state index in [2.05, 4.69) is 0 Å². The van der Waals surface area contributed by atoms with Gasteiger partial charge in [-0.2, -0.15) is 8.78 Å². The first-order chi connectivity index (χ1) is 13.2. The number of alkyl halides is 2. The Hall–Kier alpha value is -3.00. The molecule has 2 N–H and O–H groups in total. The van der Waals surface area contributed by atoms with Crippen LogP contribution in [0.25, 0.3) is 11.1 Å². The maximum atomic E-state index is 13.5. The lowest BCUT2D eigenvalue weighted by Gasteiger charge is -2.47. The largest absolute Gasteiger partial charge is 0.477 e. The summed E-state index contributed by atoms with van der Waals surface area (Å²) in [6, 6.07) is 15.5. The molecule has 0 saturated carbocycles. The predicted molar refractivity (Wildman–Crippen MR) is 94.2 cm³/mol. The van der Waals surface area contributed by atoms with Gasteiger partial charge in [-0.25, -0.2) is 9.59 Å². The van der Waals surface area contributed by atoms with E-state index in [1.165, 1.54) is 0 Å². The van der Waals surface area contributed by atoms with Gasteiger partial charge in [0.05, 0.1) is 13.1 Å². The number of hydrogen-bond acceptors (Lipinski definition) is 4. The van der Waals surface area contributed by atoms with Crippen molar-refractivity contribution in [3.63, 3.8) is 0 Å². The van der Waals surface area contributed by atoms with Crippen LogP contribution in [0.1, 0.15) is 17.0 Å². The Bertz CT molecular complexity index is 910. The van der Waals surface area contributed by atoms with E-state index in [4.69, 9.17) is 9.84 Å². The second-order valence-corrected chi connectivity index (χ2v) is 7.07. The van der Waals surface area contributed by atoms with Crippen LogP contribution >= 0.6 is 0 Å². The molecule has 6 nitrogen and oxygen atoms in total. The molecule has 0 spiro atoms. The summed E-state index contributed by atoms with van der Waals surface area (Å²) < 4.78 is 32.4. The summed E-state index contributed by atoms with van der Waals surface area (Å²) in [5.41, 5.74) is 1.34. The quantitative estimate of drug-likeness (QED) is 0.840. The van der Waals surface area contributed by atoms with Crippen molar-refractivity contribution < 1.29 is 33.3 Å². The summed E-state index contributed by atoms with van der Waals surface area (Å²) in [5.74, 6) is -6.95. The molecule has 1 amide bonds. The highest BCUT2D eigenvalue weighted by atomic mass is 19.3. The van der Waals surface area contributed by atoms with Crippen molar-refractivity contribution >= 4 is 12.1 Å². The van der Waals surface area contributed by atoms with Gasteiger partial charge in [0, 0.05) is 5.92 Å². The number of rotatable bonds is 4. The van der Waals surface area contributed by atoms with Gasteiger partial charge >= 0.3 is 18.0 Å². The van der Waals surface area contributed by atoms with Gasteiger partial charge in [-0.3, -0.25) is 0 Å². The maximum Gasteiger partial charge on any atom is 0.409 e. The summed E-state index contributed by atoms with van der Waals surface area (Å²) in [7, 11) is 0. The molecule has 0 aromatic heterocycles. The summed E-state index contributed by atoms with van der Waals surface area (Å²) >= 11 is 0. The summed E-state index contributed by atoms with van der Waals surface area (Å²) in [4.78, 5) is 23.7. The van der Waals surface area contributed by atoms with Gasteiger partial charge in [0.1, 0.15) is 6.61 Å². The second-order valence-electron chi connectivity index (χ2n) is 7.07. The first-order valence-corrected chi connectivity index (χ1v) is 8.68. The van der Waals surface area contributed by atoms with Crippen LogP contribution in [0.15, 0.2) is 48.5 Å². The Morgan fingerprint density at radius 3 is 2.07 bits per heavy atom. The molecule has 1 aliphatic carbocycles. The van der Waals surface area contributed by atoms with E-state index < -0.39 is 36.7 Å². The monoisotopic (exact) mass is 389 g/mol. The highest BCUT2D eigenvalue weighted by Gasteiger charge is 2.66. The van der Waals surface area contributed by atoms with Crippen LogP contribution in [0.3, 0.4) is 0 Å². The fraction of sp³-hybridized carbons (Fsp3) is 0.300. The van der Waals surface area contributed by atoms with Crippen molar-refractivity contribution in [3.8, 4) is 11.1 Å². The topological polar surface area (TPSA) is 87.1 Å². The van der Waals surface area contributed by atoms with Gasteiger partial charge in [0.25, 0.3) is 0 Å². The lowest BCUT2D eigenvalue weighted by molar-refractivity contribution is -0.239. The minimum Gasteiger partial charge on any atom is -0.477 e. The summed E-state index contributed by atoms with van der Waals surface area (Å²) in [6.07, 6.45) is -0.868. The van der Waals surface area contributed by atoms with Crippen LogP contribution in [0.4, 0.5) is 13.6 Å². The fourth-order valence-electron chi connectivity index (χ4n) is 3.80. The molecule has 1 aliphatic heterocycles. The third kappa shape index (κ3) is 2.63. The number of nitrogens with zero attached hydrogens (tertiary/aromatic N) is 1. The number of carbonyl (C=O) groups excluding carboxylic acids is 1. The number of carbonyl (C=O) groups is 2. The van der Waals surface area contributed by atoms with Crippen molar-refractivity contribution in [1.29, 1.82) is 0 Å². The first-order valence-electron chi connectivity index (χ1n) is 8.68. The van der Waals surface area contributed by atoms with Crippen molar-refractivity contribution in [2.45, 2.75) is 17.4 Å². The van der Waals surface area contributed by atoms with Crippen LogP contribution in [0, 0.1) is 0 Å². The number of carboxylic acids is 1. The molecule has 1 saturated heterocycles. The maximum absolute atomic E-state index is 13.5. The van der Waals surface area contributed by atoms with E-state index in [0.717, 1.165) is 27.2 Å². The van der Waals surface area contributed by atoms with Gasteiger partial charge in [0.15, 0.2) is 5.60 Å². The third-order valence-corrected chi connectivity index (χ3v) is 5.35. The molecule has 28 heavy (non-hydrogen) atoms. The number of hydrogen-bond donors (Lipinski definition) is 2. The summed E-state index contributed by atoms with van der Waals surface area (Å²) in [6.45, 7) is -1.59. The molecule has 2 aliphatic rings. The highest BCUT2D eigenvalue weighted by Crippen LogP contribution is 2.44. The number of β-amino-alcohol motifs (C(OH)–C–C–N with tert-alkyl or cyclic N) is 1. The zero-order valence-electron chi connectivity index (χ0n) is 14.6. The molecule has 146 valence electrons. The van der Waals surface area contributed by atoms with Gasteiger partial charge in [0.2, 0.25) is 0 Å². The van der Waals surface area contributed by atoms with Gasteiger partial charge in [-0.15, -0.1) is 0 Å². The van der Waals surface area contributed by atoms with Crippen molar-refractivity contribution in [3.05, 3.63) is 59.7 Å². The normalized spacial score (nSPS) is 17.5. The van der Waals surface area contributed by atoms with E-state index in [-0.39, 0.29) is 12.5 Å². The Labute approximate surface area is 159 Å². The lowest BCUT2D eigenvalue weighted by atomic mass is 9.87. The molecule has 0 unspecified atom stereocenters. The van der Waals surface area contributed by atoms with E-state index in [1.807, 2.05) is 48.5 Å². The summed E-state index contributed by atoms with van der Waals surface area (Å²) in [5, 5.41) is 18.3. The molecular formula is C20H17F2NO5. The van der Waals surface area contributed by atoms with Gasteiger partial charge in [-0.05, 0) is 22.3 Å². The van der Waals surface area contributed by atoms with Crippen molar-refractivity contribution in [2.24, 2.45) is 0 Å². The van der Waals surface area contributed by atoms with Crippen LogP contribution in [-0.2, 0) is 9.53 Å². The minimum absolute atomic E-state index is 0.0110. The molecule has 0 atom stereocenters. The predicted octanol–water partition coefficient (Wildman–Crippen LogP) is 2.70. The van der Waals surface area contributed by atoms with E-state index in [1.54, 1.807) is 0 Å². The smallest absolute Gasteiger partial charge is 0.409 e. The first kappa shape index (κ1) is 18.4. The standard InChI is InChI=1S/C20H17F2NO5/c21-20(22,17(24)25)19(27)10-23(11-19)18(26)28-9-16-14-7-3-1-5-12(14)13-6-2-4-8-15(13)16/h1-8,16,27H,9-11H2,(H,24,25). The number of aliphatic carboxylic acids is 1. The molecule has 4 rings (SSSR count). The fourth-order valence-corrected chi connectivity index (χ4v) is 3.80. The number of likely N-dealkylation sites (tertiary alicyclic amines) is 1. The molecular weight excluding hydrogens is 372 g/mol. The average Bonchev–Trinajstić information content (AvgIpc) is 2.97. The number of carboxylic acid groups (broad SMARTS) is 1. The average molecular weight is 389 g/mol. The van der Waals surface area contributed by atoms with Crippen molar-refractivity contribution in [1.82, 2.24) is 4.90 Å². The number of benzene rings is 2. The zero-order chi connectivity index (χ0) is 20.1. The number of fused-ring (bicyclic) bond motifs is 3. The molecule has 0 bridgehead atoms. The SMILES string of the molecule is O=C(OCC1c2ccccc2-c2ccccc21)N1CC(O)(C(F)(F)C(=O)O)C1. The van der Waals surface area contributed by atoms with Gasteiger partial charge in [-0.1, -0.05) is 48.5 Å². The number of amides is 1. The molecule has 8 heteroatoms. The Balaban J connectivity index is 1.44. The lowest BCUT2D eigenvalue weighted by Crippen LogP contribution is -2.73. The van der Waals surface area contributed by atoms with Crippen LogP contribution < -0.4 is 0 Å². The third-order valence-electron chi connectivity index (χ3n) is 5.35. The number of ether oxygens (including phenoxy) is 1. The van der Waals surface area contributed by atoms with Crippen LogP contribution in [-0.4, -0.2) is 58.4 Å². The Morgan fingerprint density at radius 2 is 1.57 bits per heavy atom. The highest BCUT2D eigenvalue weighted by molar-refractivity contribution is 5.80. The molecule has 1 fully saturated rings. The molecule has 2 aromatic rings. The van der Waals surface area contributed by atoms with Crippen LogP contribution in [0.5, 0.6) is 0 Å². The van der Waals surface area contributed by atoms with Crippen LogP contribution in [0.2, 0.25) is 0 Å².